The van der Waals surface area contributed by atoms with Gasteiger partial charge in [0.2, 0.25) is 5.91 Å². The Morgan fingerprint density at radius 1 is 1.09 bits per heavy atom. The Balaban J connectivity index is 1.22. The van der Waals surface area contributed by atoms with Crippen molar-refractivity contribution in [1.29, 1.82) is 5.26 Å². The van der Waals surface area contributed by atoms with Crippen LogP contribution in [0.3, 0.4) is 0 Å². The summed E-state index contributed by atoms with van der Waals surface area (Å²) in [5.41, 5.74) is 3.15. The van der Waals surface area contributed by atoms with E-state index in [1.807, 2.05) is 61.5 Å². The highest BCUT2D eigenvalue weighted by atomic mass is 32.2. The van der Waals surface area contributed by atoms with E-state index in [0.29, 0.717) is 57.3 Å². The predicted molar refractivity (Wildman–Crippen MR) is 168 cm³/mol. The number of nitrogens with zero attached hydrogens (tertiary/aromatic N) is 4. The summed E-state index contributed by atoms with van der Waals surface area (Å²) in [6, 6.07) is 18.4. The Bertz CT molecular complexity index is 1910. The molecule has 2 aromatic heterocycles. The van der Waals surface area contributed by atoms with E-state index in [-0.39, 0.29) is 23.1 Å². The van der Waals surface area contributed by atoms with Crippen LogP contribution in [0.2, 0.25) is 0 Å². The molecule has 2 fully saturated rings. The van der Waals surface area contributed by atoms with Crippen LogP contribution in [0.4, 0.5) is 26.7 Å². The molecule has 220 valence electrons. The van der Waals surface area contributed by atoms with Crippen LogP contribution in [0.15, 0.2) is 77.8 Å². The van der Waals surface area contributed by atoms with Gasteiger partial charge in [0.25, 0.3) is 4.83 Å². The lowest BCUT2D eigenvalue weighted by molar-refractivity contribution is -0.119. The number of thiophene rings is 1. The smallest absolute Gasteiger partial charge is 0.455 e. The van der Waals surface area contributed by atoms with Crippen LogP contribution in [-0.4, -0.2) is 39.8 Å². The number of para-hydroxylation sites is 3. The number of anilines is 3. The number of hydrogen-bond acceptors (Lipinski definition) is 6. The Morgan fingerprint density at radius 2 is 1.86 bits per heavy atom. The Hall–Kier alpha value is -5.21. The number of carbonyl (C=O) groups is 3. The van der Waals surface area contributed by atoms with Gasteiger partial charge in [0, 0.05) is 24.4 Å². The minimum absolute atomic E-state index is 0.109. The van der Waals surface area contributed by atoms with Crippen LogP contribution in [0, 0.1) is 24.2 Å². The Labute approximate surface area is 256 Å². The summed E-state index contributed by atoms with van der Waals surface area (Å²) in [5, 5.41) is 17.4. The van der Waals surface area contributed by atoms with Crippen LogP contribution in [-0.2, 0) is 4.79 Å². The summed E-state index contributed by atoms with van der Waals surface area (Å²) in [6.45, 7) is 2.45. The van der Waals surface area contributed by atoms with Crippen molar-refractivity contribution >= 4 is 54.9 Å². The number of benzene rings is 2. The van der Waals surface area contributed by atoms with Crippen molar-refractivity contribution in [3.05, 3.63) is 83.4 Å². The molecule has 2 aliphatic heterocycles. The standard InChI is InChI=1S/C33H28N6O4S/c1-20-7-2-4-9-26(20)43-27-10-5-3-8-24(27)39-25-15-17-35-31-29(25)23(36-32(39)41)19-44(31)33(42)38-18-6-11-28(38)37-30(40)22(14-16-34)21-12-13-21/h2-5,7-10,14-15,17,19,21,28H,6,11-13,18H2,1H3,(H-,36,37,40,41)/p+1/b22-14+/t28-,44?/m0/s1. The molecule has 2 aromatic carbocycles. The van der Waals surface area contributed by atoms with E-state index in [9.17, 15) is 14.4 Å². The van der Waals surface area contributed by atoms with E-state index in [1.54, 1.807) is 27.4 Å². The second-order valence-electron chi connectivity index (χ2n) is 11.1. The van der Waals surface area contributed by atoms with E-state index < -0.39 is 16.6 Å². The molecule has 4 amide bonds. The van der Waals surface area contributed by atoms with E-state index in [2.05, 4.69) is 15.6 Å². The number of urea groups is 1. The number of aryl methyl sites for hydroxylation is 1. The molecule has 2 atom stereocenters. The van der Waals surface area contributed by atoms with Gasteiger partial charge in [0.05, 0.1) is 17.4 Å². The summed E-state index contributed by atoms with van der Waals surface area (Å²) in [7, 11) is -1.09. The normalized spacial score (nSPS) is 18.2. The summed E-state index contributed by atoms with van der Waals surface area (Å²) < 4.78 is 6.28. The molecule has 4 aromatic rings. The third kappa shape index (κ3) is 4.83. The number of likely N-dealkylation sites (tertiary alicyclic amines) is 1. The highest BCUT2D eigenvalue weighted by Gasteiger charge is 2.42. The minimum Gasteiger partial charge on any atom is -0.455 e. The summed E-state index contributed by atoms with van der Waals surface area (Å²) in [6.07, 6.45) is 5.60. The summed E-state index contributed by atoms with van der Waals surface area (Å²) in [5.74, 6) is 1.01. The molecule has 44 heavy (non-hydrogen) atoms. The van der Waals surface area contributed by atoms with Gasteiger partial charge in [-0.25, -0.2) is 14.6 Å². The third-order valence-electron chi connectivity index (χ3n) is 8.19. The van der Waals surface area contributed by atoms with Gasteiger partial charge in [0.1, 0.15) is 33.5 Å². The van der Waals surface area contributed by atoms with Crippen molar-refractivity contribution in [2.24, 2.45) is 5.92 Å². The first kappa shape index (κ1) is 27.6. The number of rotatable bonds is 7. The van der Waals surface area contributed by atoms with Gasteiger partial charge >= 0.3 is 11.3 Å². The topological polar surface area (TPSA) is 128 Å². The molecule has 2 N–H and O–H groups in total. The van der Waals surface area contributed by atoms with Crippen molar-refractivity contribution < 1.29 is 19.1 Å². The number of ether oxygens (including phenoxy) is 1. The lowest BCUT2D eigenvalue weighted by Crippen LogP contribution is -2.46. The maximum Gasteiger partial charge on any atom is 0.462 e. The summed E-state index contributed by atoms with van der Waals surface area (Å²) in [4.78, 5) is 49.2. The third-order valence-corrected chi connectivity index (χ3v) is 9.99. The first-order valence-electron chi connectivity index (χ1n) is 14.5. The number of carbonyl (C=O) groups excluding carboxylic acids is 3. The zero-order chi connectivity index (χ0) is 30.4. The van der Waals surface area contributed by atoms with Gasteiger partial charge in [0.15, 0.2) is 11.1 Å². The fourth-order valence-electron chi connectivity index (χ4n) is 5.86. The number of pyridine rings is 1. The van der Waals surface area contributed by atoms with Crippen molar-refractivity contribution in [2.75, 3.05) is 16.8 Å². The predicted octanol–water partition coefficient (Wildman–Crippen LogP) is 7.13. The molecule has 0 spiro atoms. The van der Waals surface area contributed by atoms with Crippen molar-refractivity contribution in [3.63, 3.8) is 0 Å². The zero-order valence-electron chi connectivity index (χ0n) is 23.9. The number of amides is 4. The fourth-order valence-corrected chi connectivity index (χ4v) is 7.73. The Morgan fingerprint density at radius 3 is 2.64 bits per heavy atom. The fraction of sp³-hybridized carbons (Fsp3) is 0.242. The molecule has 11 heteroatoms. The average Bonchev–Trinajstić information content (AvgIpc) is 3.65. The van der Waals surface area contributed by atoms with Crippen molar-refractivity contribution in [1.82, 2.24) is 15.2 Å². The number of allylic oxidation sites excluding steroid dienone is 1. The highest BCUT2D eigenvalue weighted by molar-refractivity contribution is 7.54. The molecular weight excluding hydrogens is 576 g/mol. The van der Waals surface area contributed by atoms with Gasteiger partial charge in [-0.05, 0) is 68.4 Å². The molecule has 1 saturated carbocycles. The first-order chi connectivity index (χ1) is 21.4. The number of nitrogens with one attached hydrogen (secondary N) is 2. The molecule has 7 rings (SSSR count). The average molecular weight is 606 g/mol. The maximum absolute atomic E-state index is 14.0. The van der Waals surface area contributed by atoms with Crippen molar-refractivity contribution in [3.8, 4) is 17.6 Å². The van der Waals surface area contributed by atoms with Gasteiger partial charge < -0.3 is 15.4 Å². The molecule has 0 bridgehead atoms. The monoisotopic (exact) mass is 605 g/mol. The molecule has 1 saturated heterocycles. The number of aromatic nitrogens is 1. The van der Waals surface area contributed by atoms with Crippen molar-refractivity contribution in [2.45, 2.75) is 38.8 Å². The quantitative estimate of drug-likeness (QED) is 0.131. The molecule has 0 radical (unpaired) electrons. The minimum atomic E-state index is -1.09. The number of hydrogen-bond donors (Lipinski definition) is 2. The lowest BCUT2D eigenvalue weighted by atomic mass is 10.1. The second-order valence-corrected chi connectivity index (χ2v) is 12.7. The Kier molecular flexibility index (Phi) is 6.98. The molecule has 4 heterocycles. The molecule has 10 nitrogen and oxygen atoms in total. The van der Waals surface area contributed by atoms with E-state index in [0.717, 1.165) is 24.8 Å². The molecular formula is C33H29N6O4S+. The largest absolute Gasteiger partial charge is 0.462 e. The van der Waals surface area contributed by atoms with Gasteiger partial charge in [-0.15, -0.1) is 0 Å². The van der Waals surface area contributed by atoms with Gasteiger partial charge in [-0.3, -0.25) is 14.6 Å². The van der Waals surface area contributed by atoms with Gasteiger partial charge in [-0.1, -0.05) is 30.3 Å². The SMILES string of the molecule is Cc1ccccc1Oc1ccccc1N1C(=O)Nc2c[s+](C(=O)N3CCC[C@H]3NC(=O)/C(=C/C#N)C3CC3)c3nccc1c23. The molecule has 3 aliphatic rings. The lowest BCUT2D eigenvalue weighted by Gasteiger charge is -2.28. The van der Waals surface area contributed by atoms with E-state index in [4.69, 9.17) is 10.00 Å². The first-order valence-corrected chi connectivity index (χ1v) is 15.8. The molecule has 1 unspecified atom stereocenters. The maximum atomic E-state index is 14.0. The summed E-state index contributed by atoms with van der Waals surface area (Å²) >= 11 is 0. The van der Waals surface area contributed by atoms with Crippen LogP contribution in [0.1, 0.15) is 31.2 Å². The molecule has 1 aliphatic carbocycles. The van der Waals surface area contributed by atoms with E-state index in [1.165, 1.54) is 6.08 Å². The van der Waals surface area contributed by atoms with Crippen LogP contribution in [0.5, 0.6) is 11.5 Å². The number of nitriles is 1. The van der Waals surface area contributed by atoms with Crippen LogP contribution >= 0.6 is 10.5 Å². The van der Waals surface area contributed by atoms with E-state index >= 15 is 0 Å². The van der Waals surface area contributed by atoms with Gasteiger partial charge in [-0.2, -0.15) is 5.26 Å². The highest BCUT2D eigenvalue weighted by Crippen LogP contribution is 2.49. The second kappa shape index (κ2) is 11.1. The zero-order valence-corrected chi connectivity index (χ0v) is 24.8. The van der Waals surface area contributed by atoms with Crippen LogP contribution in [0.25, 0.3) is 10.2 Å². The van der Waals surface area contributed by atoms with Crippen LogP contribution < -0.4 is 20.3 Å².